The van der Waals surface area contributed by atoms with Crippen molar-refractivity contribution in [1.82, 2.24) is 4.90 Å². The van der Waals surface area contributed by atoms with Crippen molar-refractivity contribution >= 4 is 23.5 Å². The summed E-state index contributed by atoms with van der Waals surface area (Å²) in [7, 11) is 0. The van der Waals surface area contributed by atoms with E-state index in [0.29, 0.717) is 23.6 Å². The van der Waals surface area contributed by atoms with Crippen LogP contribution in [0.3, 0.4) is 0 Å². The summed E-state index contributed by atoms with van der Waals surface area (Å²) >= 11 is 0. The van der Waals surface area contributed by atoms with Crippen LogP contribution in [0.4, 0.5) is 5.69 Å². The fraction of sp³-hybridized carbons (Fsp3) is 0.375. The molecule has 0 aromatic heterocycles. The van der Waals surface area contributed by atoms with Crippen molar-refractivity contribution in [2.45, 2.75) is 50.9 Å². The Hall–Kier alpha value is -3.35. The van der Waals surface area contributed by atoms with Gasteiger partial charge in [0.15, 0.2) is 0 Å². The van der Waals surface area contributed by atoms with Gasteiger partial charge in [0.2, 0.25) is 11.6 Å². The standard InChI is InChI=1S/C24H24N2O5/c1-2-30-20-10-6-3-7-16(20)15-31-23(29)24-14-13-21(27)26(24)19-9-5-4-8-18(19)22(28)25(24)17-11-12-17/h3-10,17H,2,11-15H2,1H3/t24-/m1/s1. The lowest BCUT2D eigenvalue weighted by Crippen LogP contribution is -2.69. The lowest BCUT2D eigenvalue weighted by atomic mass is 9.96. The number of benzene rings is 2. The van der Waals surface area contributed by atoms with Crippen LogP contribution in [0.5, 0.6) is 5.75 Å². The van der Waals surface area contributed by atoms with E-state index in [0.717, 1.165) is 18.4 Å². The predicted molar refractivity (Wildman–Crippen MR) is 112 cm³/mol. The smallest absolute Gasteiger partial charge is 0.354 e. The van der Waals surface area contributed by atoms with Crippen molar-refractivity contribution in [2.24, 2.45) is 0 Å². The molecule has 7 heteroatoms. The average molecular weight is 420 g/mol. The summed E-state index contributed by atoms with van der Waals surface area (Å²) < 4.78 is 11.4. The molecule has 2 amide bonds. The van der Waals surface area contributed by atoms with Gasteiger partial charge in [0.05, 0.1) is 17.9 Å². The Morgan fingerprint density at radius 3 is 2.61 bits per heavy atom. The molecule has 7 nitrogen and oxygen atoms in total. The monoisotopic (exact) mass is 420 g/mol. The van der Waals surface area contributed by atoms with E-state index in [9.17, 15) is 14.4 Å². The van der Waals surface area contributed by atoms with E-state index < -0.39 is 11.6 Å². The zero-order chi connectivity index (χ0) is 21.6. The number of esters is 1. The largest absolute Gasteiger partial charge is 0.493 e. The number of hydrogen-bond acceptors (Lipinski definition) is 5. The first-order valence-electron chi connectivity index (χ1n) is 10.7. The van der Waals surface area contributed by atoms with Crippen LogP contribution in [0.15, 0.2) is 48.5 Å². The van der Waals surface area contributed by atoms with Crippen molar-refractivity contribution in [1.29, 1.82) is 0 Å². The van der Waals surface area contributed by atoms with Crippen LogP contribution in [0, 0.1) is 0 Å². The van der Waals surface area contributed by atoms with Crippen molar-refractivity contribution in [3.05, 3.63) is 59.7 Å². The maximum absolute atomic E-state index is 13.6. The van der Waals surface area contributed by atoms with Crippen LogP contribution in [-0.2, 0) is 20.9 Å². The SMILES string of the molecule is CCOc1ccccc1COC(=O)[C@@]12CCC(=O)N1c1ccccc1C(=O)N2C1CC1. The highest BCUT2D eigenvalue weighted by molar-refractivity contribution is 6.15. The van der Waals surface area contributed by atoms with E-state index in [1.54, 1.807) is 29.2 Å². The summed E-state index contributed by atoms with van der Waals surface area (Å²) in [5, 5.41) is 0. The van der Waals surface area contributed by atoms with Gasteiger partial charge in [0.25, 0.3) is 5.91 Å². The molecule has 5 rings (SSSR count). The second-order valence-corrected chi connectivity index (χ2v) is 8.09. The van der Waals surface area contributed by atoms with E-state index in [1.165, 1.54) is 4.90 Å². The normalized spacial score (nSPS) is 22.2. The number of nitrogens with zero attached hydrogens (tertiary/aromatic N) is 2. The minimum absolute atomic E-state index is 0.00707. The van der Waals surface area contributed by atoms with Crippen LogP contribution in [-0.4, -0.2) is 41.0 Å². The number of carbonyl (C=O) groups is 3. The summed E-state index contributed by atoms with van der Waals surface area (Å²) in [6, 6.07) is 14.3. The van der Waals surface area contributed by atoms with Gasteiger partial charge in [0, 0.05) is 24.4 Å². The molecule has 3 aliphatic rings. The highest BCUT2D eigenvalue weighted by Gasteiger charge is 2.64. The van der Waals surface area contributed by atoms with Gasteiger partial charge in [-0.05, 0) is 38.0 Å². The topological polar surface area (TPSA) is 76.1 Å². The molecule has 0 spiro atoms. The van der Waals surface area contributed by atoms with Crippen LogP contribution < -0.4 is 9.64 Å². The molecule has 160 valence electrons. The lowest BCUT2D eigenvalue weighted by Gasteiger charge is -2.48. The third-order valence-corrected chi connectivity index (χ3v) is 6.17. The number of para-hydroxylation sites is 2. The molecule has 0 N–H and O–H groups in total. The molecule has 2 aromatic carbocycles. The van der Waals surface area contributed by atoms with Gasteiger partial charge in [-0.2, -0.15) is 0 Å². The molecular weight excluding hydrogens is 396 g/mol. The maximum Gasteiger partial charge on any atom is 0.354 e. The number of rotatable bonds is 6. The Morgan fingerprint density at radius 2 is 1.84 bits per heavy atom. The minimum atomic E-state index is -1.43. The summed E-state index contributed by atoms with van der Waals surface area (Å²) in [4.78, 5) is 43.1. The molecule has 0 unspecified atom stereocenters. The third-order valence-electron chi connectivity index (χ3n) is 6.17. The van der Waals surface area contributed by atoms with Gasteiger partial charge >= 0.3 is 5.97 Å². The van der Waals surface area contributed by atoms with Crippen LogP contribution in [0.1, 0.15) is 48.5 Å². The Bertz CT molecular complexity index is 1060. The molecule has 1 aliphatic carbocycles. The average Bonchev–Trinajstić information content (AvgIpc) is 3.55. The molecule has 1 saturated heterocycles. The van der Waals surface area contributed by atoms with E-state index in [1.807, 2.05) is 31.2 Å². The van der Waals surface area contributed by atoms with E-state index in [-0.39, 0.29) is 37.3 Å². The Balaban J connectivity index is 1.52. The van der Waals surface area contributed by atoms with Crippen LogP contribution in [0.25, 0.3) is 0 Å². The summed E-state index contributed by atoms with van der Waals surface area (Å²) in [5.74, 6) is -0.300. The fourth-order valence-electron chi connectivity index (χ4n) is 4.69. The van der Waals surface area contributed by atoms with Gasteiger partial charge in [-0.1, -0.05) is 30.3 Å². The molecule has 1 saturated carbocycles. The van der Waals surface area contributed by atoms with Crippen molar-refractivity contribution in [3.8, 4) is 5.75 Å². The molecule has 2 aliphatic heterocycles. The molecule has 0 radical (unpaired) electrons. The number of fused-ring (bicyclic) bond motifs is 3. The van der Waals surface area contributed by atoms with Gasteiger partial charge in [0.1, 0.15) is 12.4 Å². The van der Waals surface area contributed by atoms with Gasteiger partial charge in [-0.15, -0.1) is 0 Å². The van der Waals surface area contributed by atoms with Crippen molar-refractivity contribution in [2.75, 3.05) is 11.5 Å². The molecule has 2 aromatic rings. The minimum Gasteiger partial charge on any atom is -0.493 e. The molecule has 2 fully saturated rings. The molecule has 0 bridgehead atoms. The van der Waals surface area contributed by atoms with E-state index >= 15 is 0 Å². The first kappa shape index (κ1) is 19.6. The fourth-order valence-corrected chi connectivity index (χ4v) is 4.69. The maximum atomic E-state index is 13.6. The number of carbonyl (C=O) groups excluding carboxylic acids is 3. The quantitative estimate of drug-likeness (QED) is 0.671. The second kappa shape index (κ2) is 7.41. The zero-order valence-electron chi connectivity index (χ0n) is 17.4. The van der Waals surface area contributed by atoms with E-state index in [2.05, 4.69) is 0 Å². The number of amides is 2. The first-order valence-corrected chi connectivity index (χ1v) is 10.7. The first-order chi connectivity index (χ1) is 15.1. The lowest BCUT2D eigenvalue weighted by molar-refractivity contribution is -0.159. The Labute approximate surface area is 180 Å². The summed E-state index contributed by atoms with van der Waals surface area (Å²) in [6.07, 6.45) is 2.06. The summed E-state index contributed by atoms with van der Waals surface area (Å²) in [6.45, 7) is 2.40. The van der Waals surface area contributed by atoms with Crippen LogP contribution >= 0.6 is 0 Å². The molecule has 2 heterocycles. The number of anilines is 1. The predicted octanol–water partition coefficient (Wildman–Crippen LogP) is 3.27. The molecule has 31 heavy (non-hydrogen) atoms. The highest BCUT2D eigenvalue weighted by atomic mass is 16.5. The van der Waals surface area contributed by atoms with Gasteiger partial charge in [-0.25, -0.2) is 4.79 Å². The van der Waals surface area contributed by atoms with Crippen LogP contribution in [0.2, 0.25) is 0 Å². The molecular formula is C24H24N2O5. The van der Waals surface area contributed by atoms with Gasteiger partial charge in [-0.3, -0.25) is 14.5 Å². The van der Waals surface area contributed by atoms with Crippen molar-refractivity contribution < 1.29 is 23.9 Å². The number of ether oxygens (including phenoxy) is 2. The Morgan fingerprint density at radius 1 is 1.10 bits per heavy atom. The van der Waals surface area contributed by atoms with E-state index in [4.69, 9.17) is 9.47 Å². The second-order valence-electron chi connectivity index (χ2n) is 8.09. The van der Waals surface area contributed by atoms with Crippen molar-refractivity contribution in [3.63, 3.8) is 0 Å². The third kappa shape index (κ3) is 2.99. The number of hydrogen-bond donors (Lipinski definition) is 0. The highest BCUT2D eigenvalue weighted by Crippen LogP contribution is 2.49. The van der Waals surface area contributed by atoms with Gasteiger partial charge < -0.3 is 14.4 Å². The molecule has 1 atom stereocenters. The Kier molecular flexibility index (Phi) is 4.68. The zero-order valence-corrected chi connectivity index (χ0v) is 17.4. The summed E-state index contributed by atoms with van der Waals surface area (Å²) in [5.41, 5.74) is 0.253.